The van der Waals surface area contributed by atoms with Gasteiger partial charge in [-0.25, -0.2) is 0 Å². The number of rotatable bonds is 4. The van der Waals surface area contributed by atoms with Crippen LogP contribution in [0.3, 0.4) is 0 Å². The number of hydrogen-bond donors (Lipinski definition) is 4. The molecular formula is C20H22N4O2. The largest absolute Gasteiger partial charge is 0.399 e. The molecule has 26 heavy (non-hydrogen) atoms. The van der Waals surface area contributed by atoms with Crippen molar-refractivity contribution in [2.24, 2.45) is 5.41 Å². The summed E-state index contributed by atoms with van der Waals surface area (Å²) in [5, 5.41) is 3.68. The molecule has 0 aliphatic rings. The molecule has 6 nitrogen and oxygen atoms in total. The minimum Gasteiger partial charge on any atom is -0.399 e. The molecule has 2 heterocycles. The molecule has 0 fully saturated rings. The maximum absolute atomic E-state index is 12.3. The fourth-order valence-electron chi connectivity index (χ4n) is 2.43. The minimum atomic E-state index is -0.405. The summed E-state index contributed by atoms with van der Waals surface area (Å²) in [6, 6.07) is 10.6. The predicted molar refractivity (Wildman–Crippen MR) is 105 cm³/mol. The van der Waals surface area contributed by atoms with Gasteiger partial charge < -0.3 is 21.0 Å². The maximum atomic E-state index is 12.3. The summed E-state index contributed by atoms with van der Waals surface area (Å²) in [6.07, 6.45) is 3.31. The molecule has 0 saturated carbocycles. The zero-order valence-corrected chi connectivity index (χ0v) is 15.0. The van der Waals surface area contributed by atoms with E-state index in [1.54, 1.807) is 42.5 Å². The molecule has 2 aromatic heterocycles. The second-order valence-electron chi connectivity index (χ2n) is 7.26. The quantitative estimate of drug-likeness (QED) is 0.423. The van der Waals surface area contributed by atoms with Gasteiger partial charge >= 0.3 is 0 Å². The molecule has 0 radical (unpaired) electrons. The smallest absolute Gasteiger partial charge is 0.272 e. The molecule has 0 atom stereocenters. The van der Waals surface area contributed by atoms with Crippen molar-refractivity contribution in [3.05, 3.63) is 53.9 Å². The minimum absolute atomic E-state index is 0.0549. The van der Waals surface area contributed by atoms with Gasteiger partial charge in [-0.3, -0.25) is 9.59 Å². The van der Waals surface area contributed by atoms with Crippen molar-refractivity contribution >= 4 is 40.2 Å². The van der Waals surface area contributed by atoms with E-state index in [0.717, 1.165) is 16.7 Å². The second-order valence-corrected chi connectivity index (χ2v) is 7.26. The number of fused-ring (bicyclic) bond motifs is 1. The molecule has 0 aliphatic carbocycles. The number of anilines is 2. The van der Waals surface area contributed by atoms with E-state index < -0.39 is 5.41 Å². The number of allylic oxidation sites excluding steroid dienone is 1. The first-order chi connectivity index (χ1) is 12.2. The molecule has 1 amide bonds. The van der Waals surface area contributed by atoms with Gasteiger partial charge in [-0.2, -0.15) is 0 Å². The highest BCUT2D eigenvalue weighted by Crippen LogP contribution is 2.20. The molecule has 3 rings (SSSR count). The lowest BCUT2D eigenvalue weighted by atomic mass is 9.90. The molecule has 0 unspecified atom stereocenters. The van der Waals surface area contributed by atoms with E-state index >= 15 is 0 Å². The van der Waals surface area contributed by atoms with Crippen LogP contribution in [-0.4, -0.2) is 21.7 Å². The van der Waals surface area contributed by atoms with Gasteiger partial charge in [0.05, 0.1) is 0 Å². The van der Waals surface area contributed by atoms with Gasteiger partial charge in [0, 0.05) is 27.9 Å². The van der Waals surface area contributed by atoms with Crippen LogP contribution in [0.25, 0.3) is 17.1 Å². The van der Waals surface area contributed by atoms with Crippen molar-refractivity contribution in [3.63, 3.8) is 0 Å². The summed E-state index contributed by atoms with van der Waals surface area (Å²) < 4.78 is 0. The number of amides is 1. The van der Waals surface area contributed by atoms with Crippen molar-refractivity contribution in [2.45, 2.75) is 20.8 Å². The van der Waals surface area contributed by atoms with E-state index in [1.165, 1.54) is 0 Å². The van der Waals surface area contributed by atoms with Crippen LogP contribution in [-0.2, 0) is 4.79 Å². The Hall–Kier alpha value is -3.28. The van der Waals surface area contributed by atoms with Crippen molar-refractivity contribution in [3.8, 4) is 0 Å². The standard InChI is InChI=1S/C20H22N4O2/c1-20(2,3)17(25)9-8-15-10-12-11-16(24-18(12)22-15)19(26)23-14-6-4-13(21)5-7-14/h4-11,22,24H,21H2,1-3H3,(H,23,26). The summed E-state index contributed by atoms with van der Waals surface area (Å²) in [7, 11) is 0. The third-order valence-electron chi connectivity index (χ3n) is 4.00. The van der Waals surface area contributed by atoms with Crippen LogP contribution in [0.15, 0.2) is 42.5 Å². The Morgan fingerprint density at radius 2 is 1.77 bits per heavy atom. The lowest BCUT2D eigenvalue weighted by Crippen LogP contribution is -2.17. The van der Waals surface area contributed by atoms with Crippen LogP contribution in [0.1, 0.15) is 37.0 Å². The van der Waals surface area contributed by atoms with E-state index in [-0.39, 0.29) is 11.7 Å². The van der Waals surface area contributed by atoms with E-state index in [0.29, 0.717) is 17.1 Å². The van der Waals surface area contributed by atoms with Crippen LogP contribution >= 0.6 is 0 Å². The number of carbonyl (C=O) groups is 2. The molecule has 0 bridgehead atoms. The fourth-order valence-corrected chi connectivity index (χ4v) is 2.43. The number of nitrogen functional groups attached to an aromatic ring is 1. The van der Waals surface area contributed by atoms with Gasteiger partial charge in [0.1, 0.15) is 11.3 Å². The molecule has 6 heteroatoms. The SMILES string of the molecule is CC(C)(C)C(=O)C=Cc1cc2cc(C(=O)Nc3ccc(N)cc3)[nH]c2[nH]1. The number of ketones is 1. The van der Waals surface area contributed by atoms with E-state index in [9.17, 15) is 9.59 Å². The molecule has 5 N–H and O–H groups in total. The Labute approximate surface area is 151 Å². The highest BCUT2D eigenvalue weighted by Gasteiger charge is 2.18. The number of aromatic amines is 2. The number of H-pyrrole nitrogens is 2. The van der Waals surface area contributed by atoms with Gasteiger partial charge in [0.25, 0.3) is 5.91 Å². The van der Waals surface area contributed by atoms with Crippen molar-refractivity contribution < 1.29 is 9.59 Å². The number of benzene rings is 1. The van der Waals surface area contributed by atoms with E-state index in [2.05, 4.69) is 15.3 Å². The lowest BCUT2D eigenvalue weighted by Gasteiger charge is -2.12. The highest BCUT2D eigenvalue weighted by atomic mass is 16.2. The Morgan fingerprint density at radius 3 is 2.38 bits per heavy atom. The molecule has 0 aliphatic heterocycles. The molecule has 3 aromatic rings. The lowest BCUT2D eigenvalue weighted by molar-refractivity contribution is -0.121. The first kappa shape index (κ1) is 17.5. The van der Waals surface area contributed by atoms with Gasteiger partial charge in [-0.05, 0) is 48.6 Å². The molecule has 0 saturated heterocycles. The Balaban J connectivity index is 1.73. The molecular weight excluding hydrogens is 328 g/mol. The summed E-state index contributed by atoms with van der Waals surface area (Å²) >= 11 is 0. The summed E-state index contributed by atoms with van der Waals surface area (Å²) in [6.45, 7) is 5.64. The van der Waals surface area contributed by atoms with E-state index in [4.69, 9.17) is 5.73 Å². The number of nitrogens with one attached hydrogen (secondary N) is 3. The van der Waals surface area contributed by atoms with Crippen molar-refractivity contribution in [2.75, 3.05) is 11.1 Å². The van der Waals surface area contributed by atoms with Crippen LogP contribution in [0.5, 0.6) is 0 Å². The van der Waals surface area contributed by atoms with Crippen LogP contribution in [0.2, 0.25) is 0 Å². The number of hydrogen-bond acceptors (Lipinski definition) is 3. The third-order valence-corrected chi connectivity index (χ3v) is 4.00. The topological polar surface area (TPSA) is 104 Å². The van der Waals surface area contributed by atoms with E-state index in [1.807, 2.05) is 26.8 Å². The van der Waals surface area contributed by atoms with Crippen LogP contribution < -0.4 is 11.1 Å². The van der Waals surface area contributed by atoms with Crippen LogP contribution in [0.4, 0.5) is 11.4 Å². The molecule has 0 spiro atoms. The number of nitrogens with two attached hydrogens (primary N) is 1. The third kappa shape index (κ3) is 3.85. The summed E-state index contributed by atoms with van der Waals surface area (Å²) in [5.41, 5.74) is 8.53. The van der Waals surface area contributed by atoms with Crippen molar-refractivity contribution in [1.82, 2.24) is 9.97 Å². The predicted octanol–water partition coefficient (Wildman–Crippen LogP) is 3.96. The Morgan fingerprint density at radius 1 is 1.08 bits per heavy atom. The average molecular weight is 350 g/mol. The zero-order chi connectivity index (χ0) is 18.9. The first-order valence-electron chi connectivity index (χ1n) is 8.33. The molecule has 134 valence electrons. The maximum Gasteiger partial charge on any atom is 0.272 e. The van der Waals surface area contributed by atoms with Gasteiger partial charge in [-0.1, -0.05) is 20.8 Å². The first-order valence-corrected chi connectivity index (χ1v) is 8.33. The normalized spacial score (nSPS) is 12.0. The van der Waals surface area contributed by atoms with Gasteiger partial charge in [-0.15, -0.1) is 0 Å². The Bertz CT molecular complexity index is 954. The highest BCUT2D eigenvalue weighted by molar-refractivity contribution is 6.06. The summed E-state index contributed by atoms with van der Waals surface area (Å²) in [4.78, 5) is 30.5. The Kier molecular flexibility index (Phi) is 4.42. The zero-order valence-electron chi connectivity index (χ0n) is 15.0. The van der Waals surface area contributed by atoms with Crippen LogP contribution in [0, 0.1) is 5.41 Å². The second kappa shape index (κ2) is 6.55. The summed E-state index contributed by atoms with van der Waals surface area (Å²) in [5.74, 6) is -0.182. The van der Waals surface area contributed by atoms with Gasteiger partial charge in [0.2, 0.25) is 0 Å². The number of carbonyl (C=O) groups excluding carboxylic acids is 2. The van der Waals surface area contributed by atoms with Gasteiger partial charge in [0.15, 0.2) is 5.78 Å². The van der Waals surface area contributed by atoms with Crippen molar-refractivity contribution in [1.29, 1.82) is 0 Å². The number of aromatic nitrogens is 2. The average Bonchev–Trinajstić information content (AvgIpc) is 3.12. The monoisotopic (exact) mass is 350 g/mol. The molecule has 1 aromatic carbocycles. The fraction of sp³-hybridized carbons (Fsp3) is 0.200.